The van der Waals surface area contributed by atoms with Gasteiger partial charge in [-0.2, -0.15) is 0 Å². The third-order valence-electron chi connectivity index (χ3n) is 4.85. The highest BCUT2D eigenvalue weighted by molar-refractivity contribution is 7.92. The zero-order valence-corrected chi connectivity index (χ0v) is 21.5. The number of carboxylic acids is 1. The number of hydrogen-bond acceptors (Lipinski definition) is 6. The van der Waals surface area contributed by atoms with Gasteiger partial charge in [0, 0.05) is 29.4 Å². The first kappa shape index (κ1) is 27.3. The van der Waals surface area contributed by atoms with E-state index in [2.05, 4.69) is 15.0 Å². The van der Waals surface area contributed by atoms with Crippen molar-refractivity contribution >= 4 is 50.8 Å². The molecule has 2 aromatic carbocycles. The zero-order chi connectivity index (χ0) is 26.3. The van der Waals surface area contributed by atoms with E-state index in [1.807, 2.05) is 6.92 Å². The number of pyridine rings is 1. The van der Waals surface area contributed by atoms with Gasteiger partial charge >= 0.3 is 5.97 Å². The van der Waals surface area contributed by atoms with Gasteiger partial charge in [-0.3, -0.25) is 14.3 Å². The summed E-state index contributed by atoms with van der Waals surface area (Å²) in [5.41, 5.74) is 0.649. The van der Waals surface area contributed by atoms with Crippen LogP contribution in [-0.2, 0) is 21.2 Å². The van der Waals surface area contributed by atoms with Crippen molar-refractivity contribution in [3.63, 3.8) is 0 Å². The van der Waals surface area contributed by atoms with Crippen molar-refractivity contribution in [1.29, 1.82) is 0 Å². The minimum atomic E-state index is -4.20. The summed E-state index contributed by atoms with van der Waals surface area (Å²) in [5, 5.41) is 11.9. The number of carbonyl (C=O) groups excluding carboxylic acids is 1. The summed E-state index contributed by atoms with van der Waals surface area (Å²) >= 11 is 12.0. The molecule has 0 aliphatic rings. The maximum Gasteiger partial charge on any atom is 0.307 e. The monoisotopic (exact) mass is 551 g/mol. The maximum atomic E-state index is 13.1. The summed E-state index contributed by atoms with van der Waals surface area (Å²) in [6.45, 7) is 2.47. The van der Waals surface area contributed by atoms with Gasteiger partial charge in [0.2, 0.25) is 5.88 Å². The third-order valence-corrected chi connectivity index (χ3v) is 6.94. The van der Waals surface area contributed by atoms with Gasteiger partial charge in [-0.05, 0) is 48.4 Å². The second-order valence-corrected chi connectivity index (χ2v) is 10.2. The number of halogens is 2. The SMILES string of the molecule is CCCCNC(=O)c1ccc(Oc2ccc(CC(=O)O)cn2)c(NS(=O)(=O)c2ccc(Cl)cc2Cl)c1. The van der Waals surface area contributed by atoms with Crippen molar-refractivity contribution in [1.82, 2.24) is 10.3 Å². The standard InChI is InChI=1S/C24H23Cl2N3O6S/c1-2-3-10-27-24(32)16-5-7-20(35-22-9-4-15(14-28-22)11-23(30)31)19(12-16)29-36(33,34)21-8-6-17(25)13-18(21)26/h4-9,12-14,29H,2-3,10-11H2,1H3,(H,27,32)(H,30,31). The highest BCUT2D eigenvalue weighted by Gasteiger charge is 2.22. The van der Waals surface area contributed by atoms with Crippen molar-refractivity contribution in [2.24, 2.45) is 0 Å². The molecule has 0 unspecified atom stereocenters. The van der Waals surface area contributed by atoms with E-state index in [9.17, 15) is 18.0 Å². The smallest absolute Gasteiger partial charge is 0.307 e. The van der Waals surface area contributed by atoms with Crippen LogP contribution in [0, 0.1) is 0 Å². The fraction of sp³-hybridized carbons (Fsp3) is 0.208. The van der Waals surface area contributed by atoms with Gasteiger partial charge in [0.1, 0.15) is 4.90 Å². The molecule has 0 fully saturated rings. The number of amides is 1. The predicted molar refractivity (Wildman–Crippen MR) is 137 cm³/mol. The summed E-state index contributed by atoms with van der Waals surface area (Å²) in [7, 11) is -4.20. The molecule has 1 heterocycles. The molecule has 1 aromatic heterocycles. The number of carbonyl (C=O) groups is 2. The number of ether oxygens (including phenoxy) is 1. The molecule has 0 saturated carbocycles. The molecule has 0 radical (unpaired) electrons. The van der Waals surface area contributed by atoms with Crippen molar-refractivity contribution < 1.29 is 27.9 Å². The average Bonchev–Trinajstić information content (AvgIpc) is 2.80. The molecule has 1 amide bonds. The lowest BCUT2D eigenvalue weighted by molar-refractivity contribution is -0.136. The van der Waals surface area contributed by atoms with Gasteiger partial charge in [0.15, 0.2) is 5.75 Å². The summed E-state index contributed by atoms with van der Waals surface area (Å²) < 4.78 is 34.4. The lowest BCUT2D eigenvalue weighted by atomic mass is 10.1. The molecule has 0 bridgehead atoms. The minimum absolute atomic E-state index is 0.0272. The Morgan fingerprint density at radius 3 is 2.50 bits per heavy atom. The molecule has 36 heavy (non-hydrogen) atoms. The van der Waals surface area contributed by atoms with E-state index in [0.717, 1.165) is 12.8 Å². The van der Waals surface area contributed by atoms with E-state index in [-0.39, 0.29) is 50.1 Å². The van der Waals surface area contributed by atoms with E-state index >= 15 is 0 Å². The van der Waals surface area contributed by atoms with Crippen LogP contribution in [0.15, 0.2) is 59.6 Å². The first-order valence-corrected chi connectivity index (χ1v) is 13.1. The van der Waals surface area contributed by atoms with Crippen molar-refractivity contribution in [2.45, 2.75) is 31.1 Å². The summed E-state index contributed by atoms with van der Waals surface area (Å²) in [6.07, 6.45) is 2.83. The Labute approximate surface area is 218 Å². The number of rotatable bonds is 11. The lowest BCUT2D eigenvalue weighted by Gasteiger charge is -2.15. The molecule has 0 spiro atoms. The normalized spacial score (nSPS) is 11.1. The van der Waals surface area contributed by atoms with E-state index in [1.165, 1.54) is 54.7 Å². The van der Waals surface area contributed by atoms with Gasteiger partial charge in [-0.1, -0.05) is 42.6 Å². The first-order chi connectivity index (χ1) is 17.1. The predicted octanol–water partition coefficient (Wildman–Crippen LogP) is 5.14. The number of hydrogen-bond donors (Lipinski definition) is 3. The molecular formula is C24H23Cl2N3O6S. The van der Waals surface area contributed by atoms with Crippen LogP contribution in [0.3, 0.4) is 0 Å². The number of aromatic nitrogens is 1. The number of anilines is 1. The Kier molecular flexibility index (Phi) is 9.14. The summed E-state index contributed by atoms with van der Waals surface area (Å²) in [4.78, 5) is 27.3. The Balaban J connectivity index is 1.95. The van der Waals surface area contributed by atoms with Crippen LogP contribution < -0.4 is 14.8 Å². The molecule has 0 aliphatic heterocycles. The van der Waals surface area contributed by atoms with E-state index in [4.69, 9.17) is 33.0 Å². The second kappa shape index (κ2) is 12.1. The number of carboxylic acid groups (broad SMARTS) is 1. The quantitative estimate of drug-likeness (QED) is 0.281. The molecule has 3 rings (SSSR count). The molecule has 3 aromatic rings. The number of nitrogens with zero attached hydrogens (tertiary/aromatic N) is 1. The molecule has 3 N–H and O–H groups in total. The van der Waals surface area contributed by atoms with Crippen LogP contribution >= 0.6 is 23.2 Å². The Hall–Kier alpha value is -3.34. The van der Waals surface area contributed by atoms with Crippen LogP contribution in [-0.4, -0.2) is 36.9 Å². The number of sulfonamides is 1. The largest absolute Gasteiger partial charge is 0.481 e. The third kappa shape index (κ3) is 7.33. The second-order valence-electron chi connectivity index (χ2n) is 7.68. The fourth-order valence-corrected chi connectivity index (χ4v) is 4.91. The van der Waals surface area contributed by atoms with Crippen LogP contribution in [0.4, 0.5) is 5.69 Å². The highest BCUT2D eigenvalue weighted by Crippen LogP contribution is 2.33. The number of nitrogens with one attached hydrogen (secondary N) is 2. The maximum absolute atomic E-state index is 13.1. The van der Waals surface area contributed by atoms with Crippen LogP contribution in [0.5, 0.6) is 11.6 Å². The van der Waals surface area contributed by atoms with Crippen molar-refractivity contribution in [2.75, 3.05) is 11.3 Å². The van der Waals surface area contributed by atoms with Gasteiger partial charge in [-0.25, -0.2) is 13.4 Å². The molecule has 0 saturated heterocycles. The summed E-state index contributed by atoms with van der Waals surface area (Å²) in [6, 6.07) is 11.2. The van der Waals surface area contributed by atoms with Crippen LogP contribution in [0.25, 0.3) is 0 Å². The molecule has 190 valence electrons. The van der Waals surface area contributed by atoms with Crippen molar-refractivity contribution in [3.8, 4) is 11.6 Å². The van der Waals surface area contributed by atoms with Crippen LogP contribution in [0.1, 0.15) is 35.7 Å². The molecular weight excluding hydrogens is 529 g/mol. The summed E-state index contributed by atoms with van der Waals surface area (Å²) in [5.74, 6) is -1.23. The molecule has 9 nitrogen and oxygen atoms in total. The molecule has 12 heteroatoms. The highest BCUT2D eigenvalue weighted by atomic mass is 35.5. The zero-order valence-electron chi connectivity index (χ0n) is 19.1. The van der Waals surface area contributed by atoms with E-state index in [1.54, 1.807) is 0 Å². The first-order valence-electron chi connectivity index (χ1n) is 10.8. The van der Waals surface area contributed by atoms with Gasteiger partial charge in [0.05, 0.1) is 17.1 Å². The number of benzene rings is 2. The molecule has 0 atom stereocenters. The fourth-order valence-electron chi connectivity index (χ4n) is 3.08. The van der Waals surface area contributed by atoms with E-state index < -0.39 is 16.0 Å². The Morgan fingerprint density at radius 1 is 1.08 bits per heavy atom. The van der Waals surface area contributed by atoms with E-state index in [0.29, 0.717) is 12.1 Å². The van der Waals surface area contributed by atoms with Gasteiger partial charge in [-0.15, -0.1) is 0 Å². The average molecular weight is 552 g/mol. The Bertz CT molecular complexity index is 1360. The lowest BCUT2D eigenvalue weighted by Crippen LogP contribution is -2.24. The van der Waals surface area contributed by atoms with Crippen molar-refractivity contribution in [3.05, 3.63) is 75.9 Å². The number of unbranched alkanes of at least 4 members (excludes halogenated alkanes) is 1. The number of aliphatic carboxylic acids is 1. The molecule has 0 aliphatic carbocycles. The van der Waals surface area contributed by atoms with Gasteiger partial charge in [0.25, 0.3) is 15.9 Å². The minimum Gasteiger partial charge on any atom is -0.481 e. The Morgan fingerprint density at radius 2 is 1.86 bits per heavy atom. The van der Waals surface area contributed by atoms with Crippen LogP contribution in [0.2, 0.25) is 10.0 Å². The van der Waals surface area contributed by atoms with Gasteiger partial charge < -0.3 is 15.2 Å². The topological polar surface area (TPSA) is 135 Å².